The molecule has 1 aromatic heterocycles. The van der Waals surface area contributed by atoms with Crippen molar-refractivity contribution in [3.63, 3.8) is 0 Å². The van der Waals surface area contributed by atoms with E-state index in [1.807, 2.05) is 0 Å². The van der Waals surface area contributed by atoms with Gasteiger partial charge in [0.2, 0.25) is 0 Å². The van der Waals surface area contributed by atoms with Crippen molar-refractivity contribution in [1.29, 1.82) is 0 Å². The molecule has 33 heavy (non-hydrogen) atoms. The Kier molecular flexibility index (Phi) is 8.18. The second kappa shape index (κ2) is 11.5. The monoisotopic (exact) mass is 446 g/mol. The second-order valence-electron chi connectivity index (χ2n) is 7.34. The van der Waals surface area contributed by atoms with Gasteiger partial charge in [-0.15, -0.1) is 0 Å². The molecule has 0 spiro atoms. The van der Waals surface area contributed by atoms with Gasteiger partial charge in [0, 0.05) is 22.9 Å². The van der Waals surface area contributed by atoms with Crippen molar-refractivity contribution in [2.45, 2.75) is 26.7 Å². The molecule has 0 fully saturated rings. The smallest absolute Gasteiger partial charge is 0.272 e. The number of hydrogen-bond donors (Lipinski definition) is 2. The van der Waals surface area contributed by atoms with Gasteiger partial charge in [-0.2, -0.15) is 0 Å². The summed E-state index contributed by atoms with van der Waals surface area (Å²) < 4.78 is 10.9. The average Bonchev–Trinajstić information content (AvgIpc) is 3.33. The van der Waals surface area contributed by atoms with Gasteiger partial charge >= 0.3 is 0 Å². The van der Waals surface area contributed by atoms with Crippen LogP contribution in [0.1, 0.15) is 53.2 Å². The van der Waals surface area contributed by atoms with Crippen LogP contribution < -0.4 is 15.4 Å². The third-order valence-corrected chi connectivity index (χ3v) is 4.76. The minimum atomic E-state index is -0.533. The van der Waals surface area contributed by atoms with Crippen LogP contribution in [-0.4, -0.2) is 24.2 Å². The Bertz CT molecular complexity index is 1110. The van der Waals surface area contributed by atoms with Crippen LogP contribution in [0.15, 0.2) is 77.0 Å². The maximum absolute atomic E-state index is 12.9. The number of anilines is 1. The predicted molar refractivity (Wildman–Crippen MR) is 126 cm³/mol. The van der Waals surface area contributed by atoms with Crippen LogP contribution in [0.25, 0.3) is 6.08 Å². The summed E-state index contributed by atoms with van der Waals surface area (Å²) in [4.78, 5) is 37.1. The summed E-state index contributed by atoms with van der Waals surface area (Å²) in [5, 5.41) is 5.37. The number of hydrogen-bond acceptors (Lipinski definition) is 5. The van der Waals surface area contributed by atoms with Crippen LogP contribution in [0.3, 0.4) is 0 Å². The number of benzene rings is 2. The van der Waals surface area contributed by atoms with E-state index in [0.29, 0.717) is 34.9 Å². The van der Waals surface area contributed by atoms with Gasteiger partial charge in [-0.1, -0.05) is 13.3 Å². The summed E-state index contributed by atoms with van der Waals surface area (Å²) in [5.74, 6) is 0.0373. The van der Waals surface area contributed by atoms with Crippen LogP contribution >= 0.6 is 0 Å². The second-order valence-corrected chi connectivity index (χ2v) is 7.34. The standard InChI is InChI=1S/C26H26N2O5/c1-3-4-15-32-22-13-9-20(10-14-22)25(30)28-24(17-23-6-5-16-33-23)26(31)27-21-11-7-19(8-12-21)18(2)29/h5-14,16-17H,3-4,15H2,1-2H3,(H,27,31)(H,28,30). The lowest BCUT2D eigenvalue weighted by Crippen LogP contribution is -2.30. The molecule has 170 valence electrons. The zero-order valence-electron chi connectivity index (χ0n) is 18.6. The molecule has 0 atom stereocenters. The Balaban J connectivity index is 1.73. The molecule has 0 radical (unpaired) electrons. The first-order valence-corrected chi connectivity index (χ1v) is 10.7. The fourth-order valence-corrected chi connectivity index (χ4v) is 2.89. The Morgan fingerprint density at radius 1 is 0.970 bits per heavy atom. The van der Waals surface area contributed by atoms with Gasteiger partial charge in [0.05, 0.1) is 12.9 Å². The summed E-state index contributed by atoms with van der Waals surface area (Å²) in [6.45, 7) is 4.17. The van der Waals surface area contributed by atoms with Gasteiger partial charge in [-0.05, 0) is 74.0 Å². The first-order chi connectivity index (χ1) is 16.0. The minimum Gasteiger partial charge on any atom is -0.494 e. The van der Waals surface area contributed by atoms with Crippen LogP contribution in [0, 0.1) is 0 Å². The molecule has 0 aliphatic rings. The van der Waals surface area contributed by atoms with Crippen LogP contribution in [0.5, 0.6) is 5.75 Å². The van der Waals surface area contributed by atoms with Crippen molar-refractivity contribution in [2.24, 2.45) is 0 Å². The molecular weight excluding hydrogens is 420 g/mol. The third kappa shape index (κ3) is 6.93. The van der Waals surface area contributed by atoms with E-state index in [4.69, 9.17) is 9.15 Å². The van der Waals surface area contributed by atoms with Crippen molar-refractivity contribution in [3.05, 3.63) is 89.5 Å². The predicted octanol–water partition coefficient (Wildman–Crippen LogP) is 5.07. The zero-order valence-corrected chi connectivity index (χ0v) is 18.6. The van der Waals surface area contributed by atoms with E-state index in [9.17, 15) is 14.4 Å². The lowest BCUT2D eigenvalue weighted by molar-refractivity contribution is -0.113. The van der Waals surface area contributed by atoms with Gasteiger partial charge < -0.3 is 19.8 Å². The summed E-state index contributed by atoms with van der Waals surface area (Å²) in [7, 11) is 0. The Labute approximate surface area is 192 Å². The van der Waals surface area contributed by atoms with Gasteiger partial charge in [0.1, 0.15) is 17.2 Å². The van der Waals surface area contributed by atoms with E-state index in [1.165, 1.54) is 19.3 Å². The van der Waals surface area contributed by atoms with Gasteiger partial charge in [-0.25, -0.2) is 0 Å². The topological polar surface area (TPSA) is 97.6 Å². The molecule has 0 aliphatic carbocycles. The molecule has 7 nitrogen and oxygen atoms in total. The number of amides is 2. The van der Waals surface area contributed by atoms with Crippen molar-refractivity contribution in [2.75, 3.05) is 11.9 Å². The summed E-state index contributed by atoms with van der Waals surface area (Å²) >= 11 is 0. The Morgan fingerprint density at radius 3 is 2.27 bits per heavy atom. The Hall–Kier alpha value is -4.13. The average molecular weight is 447 g/mol. The summed E-state index contributed by atoms with van der Waals surface area (Å²) in [5.41, 5.74) is 1.41. The van der Waals surface area contributed by atoms with E-state index >= 15 is 0 Å². The molecule has 2 amide bonds. The third-order valence-electron chi connectivity index (χ3n) is 4.76. The fraction of sp³-hybridized carbons (Fsp3) is 0.192. The largest absolute Gasteiger partial charge is 0.494 e. The molecule has 7 heteroatoms. The van der Waals surface area contributed by atoms with E-state index in [1.54, 1.807) is 60.7 Å². The van der Waals surface area contributed by atoms with E-state index in [2.05, 4.69) is 17.6 Å². The van der Waals surface area contributed by atoms with Gasteiger partial charge in [0.25, 0.3) is 11.8 Å². The molecule has 0 aliphatic heterocycles. The molecule has 0 unspecified atom stereocenters. The summed E-state index contributed by atoms with van der Waals surface area (Å²) in [6, 6.07) is 16.6. The van der Waals surface area contributed by atoms with Crippen molar-refractivity contribution in [1.82, 2.24) is 5.32 Å². The van der Waals surface area contributed by atoms with Crippen LogP contribution in [0.4, 0.5) is 5.69 Å². The molecule has 1 heterocycles. The quantitative estimate of drug-likeness (QED) is 0.257. The highest BCUT2D eigenvalue weighted by Crippen LogP contribution is 2.15. The molecular formula is C26H26N2O5. The molecule has 0 bridgehead atoms. The molecule has 2 aromatic carbocycles. The number of rotatable bonds is 10. The number of carbonyl (C=O) groups excluding carboxylic acids is 3. The van der Waals surface area contributed by atoms with E-state index in [0.717, 1.165) is 12.8 Å². The minimum absolute atomic E-state index is 0.00821. The zero-order chi connectivity index (χ0) is 23.6. The number of unbranched alkanes of at least 4 members (excludes halogenated alkanes) is 1. The maximum Gasteiger partial charge on any atom is 0.272 e. The molecule has 3 aromatic rings. The van der Waals surface area contributed by atoms with E-state index < -0.39 is 11.8 Å². The van der Waals surface area contributed by atoms with Crippen molar-refractivity contribution in [3.8, 4) is 5.75 Å². The number of carbonyl (C=O) groups is 3. The highest BCUT2D eigenvalue weighted by atomic mass is 16.5. The first-order valence-electron chi connectivity index (χ1n) is 10.7. The van der Waals surface area contributed by atoms with Crippen LogP contribution in [0.2, 0.25) is 0 Å². The number of ether oxygens (including phenoxy) is 1. The Morgan fingerprint density at radius 2 is 1.67 bits per heavy atom. The first kappa shape index (κ1) is 23.5. The number of nitrogens with one attached hydrogen (secondary N) is 2. The summed E-state index contributed by atoms with van der Waals surface area (Å²) in [6.07, 6.45) is 4.91. The molecule has 0 saturated heterocycles. The van der Waals surface area contributed by atoms with E-state index in [-0.39, 0.29) is 11.5 Å². The lowest BCUT2D eigenvalue weighted by atomic mass is 10.1. The van der Waals surface area contributed by atoms with Gasteiger partial charge in [-0.3, -0.25) is 14.4 Å². The highest BCUT2D eigenvalue weighted by Gasteiger charge is 2.16. The fourth-order valence-electron chi connectivity index (χ4n) is 2.89. The highest BCUT2D eigenvalue weighted by molar-refractivity contribution is 6.10. The maximum atomic E-state index is 12.9. The molecule has 0 saturated carbocycles. The van der Waals surface area contributed by atoms with Crippen LogP contribution in [-0.2, 0) is 4.79 Å². The van der Waals surface area contributed by atoms with Crippen molar-refractivity contribution < 1.29 is 23.5 Å². The van der Waals surface area contributed by atoms with Gasteiger partial charge in [0.15, 0.2) is 5.78 Å². The number of furan rings is 1. The number of Topliss-reactive ketones (excluding diaryl/α,β-unsaturated/α-hetero) is 1. The molecule has 2 N–H and O–H groups in total. The molecule has 3 rings (SSSR count). The normalized spacial score (nSPS) is 11.0. The lowest BCUT2D eigenvalue weighted by Gasteiger charge is -2.12. The number of ketones is 1. The SMILES string of the molecule is CCCCOc1ccc(C(=O)NC(=Cc2ccco2)C(=O)Nc2ccc(C(C)=O)cc2)cc1. The van der Waals surface area contributed by atoms with Crippen molar-refractivity contribution >= 4 is 29.4 Å².